The Hall–Kier alpha value is -2.70. The van der Waals surface area contributed by atoms with Gasteiger partial charge in [-0.2, -0.15) is 0 Å². The predicted octanol–water partition coefficient (Wildman–Crippen LogP) is 3.36. The van der Waals surface area contributed by atoms with Crippen LogP contribution >= 0.6 is 0 Å². The van der Waals surface area contributed by atoms with Gasteiger partial charge < -0.3 is 14.7 Å². The number of benzene rings is 2. The molecule has 2 fully saturated rings. The standard InChI is InChI=1S/C25H28N2O4/c1-17-14-20(15-23(29)26-13-7-10-19(26)16-28)31-25(17)21-11-5-6-12-22(21)27(24(25)30)18-8-3-2-4-9-18/h2-6,8-9,11-12,17,19-20,28H,7,10,13-16H2,1H3/t17-,19+,20-,25+/m1/s1. The maximum atomic E-state index is 13.9. The third-order valence-corrected chi connectivity index (χ3v) is 7.05. The fraction of sp³-hybridized carbons (Fsp3) is 0.440. The summed E-state index contributed by atoms with van der Waals surface area (Å²) >= 11 is 0. The van der Waals surface area contributed by atoms with E-state index in [9.17, 15) is 14.7 Å². The van der Waals surface area contributed by atoms with Crippen molar-refractivity contribution in [3.8, 4) is 0 Å². The number of ether oxygens (including phenoxy) is 1. The summed E-state index contributed by atoms with van der Waals surface area (Å²) in [7, 11) is 0. The maximum absolute atomic E-state index is 13.9. The zero-order valence-electron chi connectivity index (χ0n) is 17.7. The van der Waals surface area contributed by atoms with Gasteiger partial charge in [0.25, 0.3) is 5.91 Å². The van der Waals surface area contributed by atoms with Crippen molar-refractivity contribution in [1.29, 1.82) is 0 Å². The fourth-order valence-electron chi connectivity index (χ4n) is 5.58. The highest BCUT2D eigenvalue weighted by molar-refractivity contribution is 6.12. The molecule has 3 aliphatic heterocycles. The van der Waals surface area contributed by atoms with Crippen LogP contribution in [0.4, 0.5) is 11.4 Å². The van der Waals surface area contributed by atoms with E-state index in [-0.39, 0.29) is 42.9 Å². The molecule has 1 spiro atoms. The van der Waals surface area contributed by atoms with Gasteiger partial charge in [0, 0.05) is 23.7 Å². The summed E-state index contributed by atoms with van der Waals surface area (Å²) in [6.07, 6.45) is 2.32. The number of rotatable bonds is 4. The summed E-state index contributed by atoms with van der Waals surface area (Å²) in [6, 6.07) is 17.3. The van der Waals surface area contributed by atoms with Gasteiger partial charge >= 0.3 is 0 Å². The van der Waals surface area contributed by atoms with E-state index in [1.807, 2.05) is 61.5 Å². The third kappa shape index (κ3) is 3.08. The molecular weight excluding hydrogens is 392 g/mol. The summed E-state index contributed by atoms with van der Waals surface area (Å²) in [6.45, 7) is 2.72. The lowest BCUT2D eigenvalue weighted by Gasteiger charge is -2.28. The van der Waals surface area contributed by atoms with E-state index >= 15 is 0 Å². The van der Waals surface area contributed by atoms with E-state index in [2.05, 4.69) is 0 Å². The van der Waals surface area contributed by atoms with Crippen molar-refractivity contribution in [2.75, 3.05) is 18.1 Å². The summed E-state index contributed by atoms with van der Waals surface area (Å²) in [4.78, 5) is 30.3. The van der Waals surface area contributed by atoms with Crippen LogP contribution in [0.15, 0.2) is 54.6 Å². The number of hydrogen-bond acceptors (Lipinski definition) is 4. The minimum atomic E-state index is -1.07. The van der Waals surface area contributed by atoms with E-state index in [1.165, 1.54) is 0 Å². The van der Waals surface area contributed by atoms with Crippen molar-refractivity contribution in [1.82, 2.24) is 4.90 Å². The van der Waals surface area contributed by atoms with Crippen LogP contribution in [-0.4, -0.2) is 47.1 Å². The molecule has 0 radical (unpaired) electrons. The molecule has 1 N–H and O–H groups in total. The average molecular weight is 421 g/mol. The second-order valence-electron chi connectivity index (χ2n) is 8.88. The number of hydrogen-bond donors (Lipinski definition) is 1. The van der Waals surface area contributed by atoms with E-state index in [1.54, 1.807) is 9.80 Å². The highest BCUT2D eigenvalue weighted by Crippen LogP contribution is 2.55. The normalized spacial score (nSPS) is 29.7. The Morgan fingerprint density at radius 1 is 1.16 bits per heavy atom. The van der Waals surface area contributed by atoms with E-state index < -0.39 is 5.60 Å². The molecule has 0 unspecified atom stereocenters. The van der Waals surface area contributed by atoms with Gasteiger partial charge in [-0.15, -0.1) is 0 Å². The first-order valence-electron chi connectivity index (χ1n) is 11.1. The highest BCUT2D eigenvalue weighted by atomic mass is 16.5. The second-order valence-corrected chi connectivity index (χ2v) is 8.88. The number of nitrogens with zero attached hydrogens (tertiary/aromatic N) is 2. The number of aliphatic hydroxyl groups is 1. The molecule has 2 aromatic carbocycles. The van der Waals surface area contributed by atoms with E-state index in [0.717, 1.165) is 29.8 Å². The van der Waals surface area contributed by atoms with Gasteiger partial charge in [-0.1, -0.05) is 43.3 Å². The molecular formula is C25H28N2O4. The van der Waals surface area contributed by atoms with Crippen LogP contribution in [0, 0.1) is 5.92 Å². The van der Waals surface area contributed by atoms with Crippen LogP contribution in [-0.2, 0) is 19.9 Å². The van der Waals surface area contributed by atoms with Crippen LogP contribution in [0.25, 0.3) is 0 Å². The van der Waals surface area contributed by atoms with Crippen LogP contribution in [0.1, 0.15) is 38.2 Å². The molecule has 2 saturated heterocycles. The zero-order valence-corrected chi connectivity index (χ0v) is 17.7. The number of aliphatic hydroxyl groups excluding tert-OH is 1. The molecule has 0 bridgehead atoms. The van der Waals surface area contributed by atoms with Crippen molar-refractivity contribution in [2.45, 2.75) is 50.4 Å². The van der Waals surface area contributed by atoms with Crippen molar-refractivity contribution in [2.24, 2.45) is 5.92 Å². The highest BCUT2D eigenvalue weighted by Gasteiger charge is 2.60. The Bertz CT molecular complexity index is 994. The monoisotopic (exact) mass is 420 g/mol. The third-order valence-electron chi connectivity index (χ3n) is 7.05. The van der Waals surface area contributed by atoms with Gasteiger partial charge in [-0.3, -0.25) is 14.5 Å². The summed E-state index contributed by atoms with van der Waals surface area (Å²) < 4.78 is 6.51. The summed E-state index contributed by atoms with van der Waals surface area (Å²) in [5.41, 5.74) is 1.46. The number of likely N-dealkylation sites (tertiary alicyclic amines) is 1. The molecule has 6 nitrogen and oxygen atoms in total. The lowest BCUT2D eigenvalue weighted by Crippen LogP contribution is -2.43. The molecule has 3 aliphatic rings. The maximum Gasteiger partial charge on any atom is 0.268 e. The SMILES string of the molecule is C[C@@H]1C[C@H](CC(=O)N2CCC[C@H]2CO)O[C@@]12C(=O)N(c1ccccc1)c1ccccc12. The second kappa shape index (κ2) is 7.77. The summed E-state index contributed by atoms with van der Waals surface area (Å²) in [5, 5.41) is 9.56. The molecule has 4 atom stereocenters. The quantitative estimate of drug-likeness (QED) is 0.824. The Balaban J connectivity index is 1.44. The molecule has 0 aromatic heterocycles. The van der Waals surface area contributed by atoms with Crippen LogP contribution in [0.2, 0.25) is 0 Å². The number of carbonyl (C=O) groups excluding carboxylic acids is 2. The van der Waals surface area contributed by atoms with Crippen molar-refractivity contribution in [3.63, 3.8) is 0 Å². The molecule has 0 saturated carbocycles. The smallest absolute Gasteiger partial charge is 0.268 e. The van der Waals surface area contributed by atoms with E-state index in [4.69, 9.17) is 4.74 Å². The number of anilines is 2. The molecule has 6 heteroatoms. The van der Waals surface area contributed by atoms with Gasteiger partial charge in [0.15, 0.2) is 5.60 Å². The molecule has 31 heavy (non-hydrogen) atoms. The van der Waals surface area contributed by atoms with E-state index in [0.29, 0.717) is 13.0 Å². The minimum absolute atomic E-state index is 0.00412. The van der Waals surface area contributed by atoms with Gasteiger partial charge in [0.1, 0.15) is 0 Å². The van der Waals surface area contributed by atoms with Crippen molar-refractivity contribution >= 4 is 23.2 Å². The molecule has 3 heterocycles. The van der Waals surface area contributed by atoms with Crippen molar-refractivity contribution < 1.29 is 19.4 Å². The van der Waals surface area contributed by atoms with Crippen LogP contribution in [0.3, 0.4) is 0 Å². The largest absolute Gasteiger partial charge is 0.394 e. The summed E-state index contributed by atoms with van der Waals surface area (Å²) in [5.74, 6) is -0.138. The number of carbonyl (C=O) groups is 2. The Morgan fingerprint density at radius 2 is 1.90 bits per heavy atom. The van der Waals surface area contributed by atoms with Crippen LogP contribution < -0.4 is 4.90 Å². The number of para-hydroxylation sites is 2. The zero-order chi connectivity index (χ0) is 21.6. The molecule has 0 aliphatic carbocycles. The molecule has 2 amide bonds. The van der Waals surface area contributed by atoms with Gasteiger partial charge in [-0.25, -0.2) is 0 Å². The Labute approximate surface area is 182 Å². The lowest BCUT2D eigenvalue weighted by atomic mass is 9.83. The fourth-order valence-corrected chi connectivity index (χ4v) is 5.58. The molecule has 162 valence electrons. The first-order valence-corrected chi connectivity index (χ1v) is 11.1. The van der Waals surface area contributed by atoms with Gasteiger partial charge in [0.2, 0.25) is 5.91 Å². The first-order chi connectivity index (χ1) is 15.1. The molecule has 2 aromatic rings. The van der Waals surface area contributed by atoms with Gasteiger partial charge in [-0.05, 0) is 37.5 Å². The Morgan fingerprint density at radius 3 is 2.68 bits per heavy atom. The van der Waals surface area contributed by atoms with Gasteiger partial charge in [0.05, 0.1) is 30.9 Å². The average Bonchev–Trinajstić information content (AvgIpc) is 3.45. The predicted molar refractivity (Wildman–Crippen MR) is 117 cm³/mol. The lowest BCUT2D eigenvalue weighted by molar-refractivity contribution is -0.149. The minimum Gasteiger partial charge on any atom is -0.394 e. The van der Waals surface area contributed by atoms with Crippen LogP contribution in [0.5, 0.6) is 0 Å². The van der Waals surface area contributed by atoms with Crippen molar-refractivity contribution in [3.05, 3.63) is 60.2 Å². The number of fused-ring (bicyclic) bond motifs is 2. The Kier molecular flexibility index (Phi) is 5.07. The molecule has 5 rings (SSSR count). The first kappa shape index (κ1) is 20.2. The topological polar surface area (TPSA) is 70.1 Å². The number of amides is 2.